The van der Waals surface area contributed by atoms with Crippen LogP contribution in [0.15, 0.2) is 47.7 Å². The summed E-state index contributed by atoms with van der Waals surface area (Å²) in [6.45, 7) is 0.325. The van der Waals surface area contributed by atoms with E-state index in [-0.39, 0.29) is 25.3 Å². The molecule has 1 atom stereocenters. The van der Waals surface area contributed by atoms with Crippen LogP contribution < -0.4 is 14.2 Å². The van der Waals surface area contributed by atoms with Gasteiger partial charge >= 0.3 is 5.97 Å². The van der Waals surface area contributed by atoms with Gasteiger partial charge in [-0.05, 0) is 23.8 Å². The molecule has 6 heteroatoms. The average molecular weight is 343 g/mol. The van der Waals surface area contributed by atoms with Gasteiger partial charge in [0.25, 0.3) is 0 Å². The Morgan fingerprint density at radius 3 is 2.50 bits per heavy atom. The zero-order valence-corrected chi connectivity index (χ0v) is 13.1. The molecule has 120 valence electrons. The van der Waals surface area contributed by atoms with Gasteiger partial charge < -0.3 is 18.9 Å². The molecule has 5 nitrogen and oxygen atoms in total. The summed E-state index contributed by atoms with van der Waals surface area (Å²) in [6.07, 6.45) is 0. The molecular formula is C18H11ClO5. The fourth-order valence-electron chi connectivity index (χ4n) is 3.31. The first-order chi connectivity index (χ1) is 11.7. The van der Waals surface area contributed by atoms with Crippen LogP contribution in [0.25, 0.3) is 0 Å². The van der Waals surface area contributed by atoms with E-state index in [9.17, 15) is 4.79 Å². The maximum Gasteiger partial charge on any atom is 0.339 e. The number of fused-ring (bicyclic) bond motifs is 2. The third-order valence-electron chi connectivity index (χ3n) is 4.40. The number of halogens is 1. The maximum atomic E-state index is 12.3. The number of carbonyl (C=O) groups is 1. The Hall–Kier alpha value is -2.66. The number of rotatable bonds is 1. The van der Waals surface area contributed by atoms with E-state index >= 15 is 0 Å². The summed E-state index contributed by atoms with van der Waals surface area (Å²) in [5.74, 6) is 1.84. The Morgan fingerprint density at radius 1 is 0.958 bits per heavy atom. The first kappa shape index (κ1) is 13.7. The number of ether oxygens (including phenoxy) is 4. The van der Waals surface area contributed by atoms with E-state index in [0.29, 0.717) is 33.6 Å². The highest BCUT2D eigenvalue weighted by Gasteiger charge is 2.41. The Labute approximate surface area is 142 Å². The van der Waals surface area contributed by atoms with Crippen LogP contribution in [0.5, 0.6) is 17.2 Å². The van der Waals surface area contributed by atoms with Crippen LogP contribution in [0.3, 0.4) is 0 Å². The van der Waals surface area contributed by atoms with Gasteiger partial charge in [0.2, 0.25) is 6.79 Å². The highest BCUT2D eigenvalue weighted by atomic mass is 35.5. The third kappa shape index (κ3) is 1.91. The second kappa shape index (κ2) is 4.92. The lowest BCUT2D eigenvalue weighted by Gasteiger charge is -2.26. The molecule has 0 saturated heterocycles. The van der Waals surface area contributed by atoms with Gasteiger partial charge in [0, 0.05) is 22.6 Å². The van der Waals surface area contributed by atoms with Crippen molar-refractivity contribution in [2.75, 3.05) is 13.4 Å². The van der Waals surface area contributed by atoms with Crippen molar-refractivity contribution in [2.24, 2.45) is 0 Å². The molecule has 0 saturated carbocycles. The molecule has 2 aromatic carbocycles. The average Bonchev–Trinajstić information content (AvgIpc) is 3.18. The summed E-state index contributed by atoms with van der Waals surface area (Å²) in [4.78, 5) is 12.3. The van der Waals surface area contributed by atoms with Crippen molar-refractivity contribution in [1.29, 1.82) is 0 Å². The Balaban J connectivity index is 1.73. The van der Waals surface area contributed by atoms with Crippen molar-refractivity contribution in [3.05, 3.63) is 63.9 Å². The molecule has 24 heavy (non-hydrogen) atoms. The third-order valence-corrected chi connectivity index (χ3v) is 4.65. The van der Waals surface area contributed by atoms with Gasteiger partial charge in [0.1, 0.15) is 12.4 Å². The SMILES string of the molecule is O=C1OCC2=C1[C@@H](c1ccc(Cl)cc1)c1cc3c(cc1O2)OCO3. The van der Waals surface area contributed by atoms with E-state index < -0.39 is 0 Å². The molecule has 3 aliphatic heterocycles. The van der Waals surface area contributed by atoms with E-state index in [2.05, 4.69) is 0 Å². The first-order valence-corrected chi connectivity index (χ1v) is 7.85. The Kier molecular flexibility index (Phi) is 2.82. The summed E-state index contributed by atoms with van der Waals surface area (Å²) < 4.78 is 22.0. The summed E-state index contributed by atoms with van der Waals surface area (Å²) in [7, 11) is 0. The van der Waals surface area contributed by atoms with E-state index in [1.807, 2.05) is 18.2 Å². The smallest absolute Gasteiger partial charge is 0.339 e. The second-order valence-electron chi connectivity index (χ2n) is 5.74. The molecule has 0 aromatic heterocycles. The molecule has 3 heterocycles. The molecule has 0 spiro atoms. The molecule has 3 aliphatic rings. The molecule has 0 bridgehead atoms. The van der Waals surface area contributed by atoms with Crippen LogP contribution in [0, 0.1) is 0 Å². The number of carbonyl (C=O) groups excluding carboxylic acids is 1. The zero-order chi connectivity index (χ0) is 16.3. The van der Waals surface area contributed by atoms with Crippen LogP contribution in [-0.4, -0.2) is 19.4 Å². The highest BCUT2D eigenvalue weighted by Crippen LogP contribution is 2.50. The monoisotopic (exact) mass is 342 g/mol. The number of benzene rings is 2. The van der Waals surface area contributed by atoms with Gasteiger partial charge in [-0.15, -0.1) is 0 Å². The summed E-state index contributed by atoms with van der Waals surface area (Å²) >= 11 is 6.00. The quantitative estimate of drug-likeness (QED) is 0.743. The van der Waals surface area contributed by atoms with E-state index in [1.54, 1.807) is 18.2 Å². The molecule has 0 N–H and O–H groups in total. The normalized spacial score (nSPS) is 20.4. The Bertz CT molecular complexity index is 900. The van der Waals surface area contributed by atoms with E-state index in [1.165, 1.54) is 0 Å². The highest BCUT2D eigenvalue weighted by molar-refractivity contribution is 6.30. The molecule has 5 rings (SSSR count). The number of cyclic esters (lactones) is 1. The molecule has 0 aliphatic carbocycles. The topological polar surface area (TPSA) is 54.0 Å². The minimum absolute atomic E-state index is 0.145. The molecule has 0 radical (unpaired) electrons. The van der Waals surface area contributed by atoms with Gasteiger partial charge in [-0.1, -0.05) is 23.7 Å². The molecule has 0 amide bonds. The van der Waals surface area contributed by atoms with Crippen LogP contribution >= 0.6 is 11.6 Å². The van der Waals surface area contributed by atoms with Crippen LogP contribution in [0.2, 0.25) is 5.02 Å². The predicted molar refractivity (Wildman–Crippen MR) is 84.5 cm³/mol. The Morgan fingerprint density at radius 2 is 1.71 bits per heavy atom. The number of esters is 1. The van der Waals surface area contributed by atoms with Gasteiger partial charge in [-0.2, -0.15) is 0 Å². The zero-order valence-electron chi connectivity index (χ0n) is 12.4. The van der Waals surface area contributed by atoms with Gasteiger partial charge in [-0.25, -0.2) is 4.79 Å². The maximum absolute atomic E-state index is 12.3. The largest absolute Gasteiger partial charge is 0.457 e. The lowest BCUT2D eigenvalue weighted by atomic mass is 9.82. The van der Waals surface area contributed by atoms with Gasteiger partial charge in [0.05, 0.1) is 5.57 Å². The van der Waals surface area contributed by atoms with Gasteiger partial charge in [-0.3, -0.25) is 0 Å². The van der Waals surface area contributed by atoms with Crippen molar-refractivity contribution in [3.8, 4) is 17.2 Å². The number of hydrogen-bond donors (Lipinski definition) is 0. The minimum atomic E-state index is -0.353. The van der Waals surface area contributed by atoms with Crippen molar-refractivity contribution in [3.63, 3.8) is 0 Å². The van der Waals surface area contributed by atoms with Crippen molar-refractivity contribution < 1.29 is 23.7 Å². The first-order valence-electron chi connectivity index (χ1n) is 7.48. The fraction of sp³-hybridized carbons (Fsp3) is 0.167. The van der Waals surface area contributed by atoms with Crippen molar-refractivity contribution in [2.45, 2.75) is 5.92 Å². The van der Waals surface area contributed by atoms with Crippen LogP contribution in [0.4, 0.5) is 0 Å². The summed E-state index contributed by atoms with van der Waals surface area (Å²) in [5.41, 5.74) is 2.32. The predicted octanol–water partition coefficient (Wildman–Crippen LogP) is 3.40. The second-order valence-corrected chi connectivity index (χ2v) is 6.18. The summed E-state index contributed by atoms with van der Waals surface area (Å²) in [5, 5.41) is 0.639. The molecule has 0 fully saturated rings. The van der Waals surface area contributed by atoms with Crippen LogP contribution in [-0.2, 0) is 9.53 Å². The molecule has 0 unspecified atom stereocenters. The molecule has 2 aromatic rings. The molecular weight excluding hydrogens is 332 g/mol. The van der Waals surface area contributed by atoms with Gasteiger partial charge in [0.15, 0.2) is 17.3 Å². The minimum Gasteiger partial charge on any atom is -0.457 e. The lowest BCUT2D eigenvalue weighted by molar-refractivity contribution is -0.136. The standard InChI is InChI=1S/C18H11ClO5/c19-10-3-1-9(2-4-10)16-11-5-13-14(23-8-22-13)6-12(11)24-15-7-21-18(20)17(15)16/h1-6,16H,7-8H2/t16-/m0/s1. The lowest BCUT2D eigenvalue weighted by Crippen LogP contribution is -2.18. The van der Waals surface area contributed by atoms with Crippen molar-refractivity contribution >= 4 is 17.6 Å². The fourth-order valence-corrected chi connectivity index (χ4v) is 3.43. The van der Waals surface area contributed by atoms with Crippen LogP contribution in [0.1, 0.15) is 17.0 Å². The van der Waals surface area contributed by atoms with Crippen molar-refractivity contribution in [1.82, 2.24) is 0 Å². The number of hydrogen-bond acceptors (Lipinski definition) is 5. The summed E-state index contributed by atoms with van der Waals surface area (Å²) in [6, 6.07) is 11.1. The van der Waals surface area contributed by atoms with E-state index in [4.69, 9.17) is 30.5 Å². The van der Waals surface area contributed by atoms with E-state index in [0.717, 1.165) is 11.1 Å².